The monoisotopic (exact) mass is 328 g/mol. The molecule has 5 heterocycles. The third-order valence-corrected chi connectivity index (χ3v) is 5.36. The number of benzene rings is 1. The van der Waals surface area contributed by atoms with Gasteiger partial charge in [0.1, 0.15) is 5.75 Å². The largest absolute Gasteiger partial charge is 0.497 e. The molecule has 4 aliphatic rings. The molecule has 2 bridgehead atoms. The van der Waals surface area contributed by atoms with Gasteiger partial charge in [0.15, 0.2) is 0 Å². The zero-order chi connectivity index (χ0) is 16.5. The van der Waals surface area contributed by atoms with Crippen molar-refractivity contribution in [2.24, 2.45) is 5.92 Å². The Hall–Kier alpha value is -2.08. The highest BCUT2D eigenvalue weighted by molar-refractivity contribution is 6.06. The molecule has 0 saturated carbocycles. The molecule has 0 spiro atoms. The number of hydrogen-bond acceptors (Lipinski definition) is 4. The van der Waals surface area contributed by atoms with Gasteiger partial charge in [0.25, 0.3) is 5.91 Å². The van der Waals surface area contributed by atoms with E-state index in [0.29, 0.717) is 24.4 Å². The van der Waals surface area contributed by atoms with Gasteiger partial charge in [-0.2, -0.15) is 5.10 Å². The molecule has 1 amide bonds. The number of rotatable bonds is 1. The van der Waals surface area contributed by atoms with E-state index in [-0.39, 0.29) is 5.91 Å². The number of amides is 1. The van der Waals surface area contributed by atoms with Crippen molar-refractivity contribution in [1.82, 2.24) is 20.0 Å². The number of ether oxygens (including phenoxy) is 1. The van der Waals surface area contributed by atoms with Gasteiger partial charge in [-0.05, 0) is 56.9 Å². The van der Waals surface area contributed by atoms with Crippen LogP contribution in [-0.4, -0.2) is 53.9 Å². The Labute approximate surface area is 141 Å². The van der Waals surface area contributed by atoms with Gasteiger partial charge in [0.05, 0.1) is 30.9 Å². The van der Waals surface area contributed by atoms with E-state index >= 15 is 0 Å². The number of aromatic nitrogens is 2. The van der Waals surface area contributed by atoms with Gasteiger partial charge in [-0.15, -0.1) is 0 Å². The van der Waals surface area contributed by atoms with E-state index in [4.69, 9.17) is 4.74 Å². The van der Waals surface area contributed by atoms with Gasteiger partial charge in [0.2, 0.25) is 0 Å². The summed E-state index contributed by atoms with van der Waals surface area (Å²) in [6, 6.07) is 3.64. The zero-order valence-corrected chi connectivity index (χ0v) is 14.1. The third kappa shape index (κ3) is 2.86. The van der Waals surface area contributed by atoms with Crippen LogP contribution in [0, 0.1) is 5.92 Å². The number of methoxy groups -OCH3 is 1. The van der Waals surface area contributed by atoms with Crippen LogP contribution in [0.1, 0.15) is 29.6 Å². The van der Waals surface area contributed by atoms with Crippen molar-refractivity contribution in [2.75, 3.05) is 33.3 Å². The number of carbonyl (C=O) groups excluding carboxylic acids is 1. The van der Waals surface area contributed by atoms with Gasteiger partial charge >= 0.3 is 0 Å². The highest BCUT2D eigenvalue weighted by atomic mass is 16.5. The van der Waals surface area contributed by atoms with Crippen LogP contribution in [0.5, 0.6) is 5.75 Å². The van der Waals surface area contributed by atoms with Crippen molar-refractivity contribution < 1.29 is 9.53 Å². The molecule has 0 atom stereocenters. The lowest BCUT2D eigenvalue weighted by Gasteiger charge is -2.38. The maximum absolute atomic E-state index is 11.9. The SMILES string of the molecule is C1CN2CCC1CC2.COc1cc2c3c(cnn3CCNC2=O)c1. The first-order valence-electron chi connectivity index (χ1n) is 8.78. The summed E-state index contributed by atoms with van der Waals surface area (Å²) < 4.78 is 7.02. The molecule has 1 N–H and O–H groups in total. The highest BCUT2D eigenvalue weighted by Gasteiger charge is 2.24. The molecule has 6 nitrogen and oxygen atoms in total. The highest BCUT2D eigenvalue weighted by Crippen LogP contribution is 2.27. The number of nitrogens with zero attached hydrogens (tertiary/aromatic N) is 3. The molecule has 24 heavy (non-hydrogen) atoms. The maximum Gasteiger partial charge on any atom is 0.253 e. The molecule has 2 aromatic rings. The number of fused-ring (bicyclic) bond motifs is 3. The smallest absolute Gasteiger partial charge is 0.253 e. The second-order valence-corrected chi connectivity index (χ2v) is 6.81. The summed E-state index contributed by atoms with van der Waals surface area (Å²) in [5, 5.41) is 8.03. The molecule has 1 aromatic carbocycles. The maximum atomic E-state index is 11.9. The first-order chi connectivity index (χ1) is 11.7. The van der Waals surface area contributed by atoms with Gasteiger partial charge in [-0.25, -0.2) is 0 Å². The summed E-state index contributed by atoms with van der Waals surface area (Å²) >= 11 is 0. The van der Waals surface area contributed by atoms with Crippen LogP contribution in [0.4, 0.5) is 0 Å². The van der Waals surface area contributed by atoms with Crippen LogP contribution in [0.3, 0.4) is 0 Å². The van der Waals surface area contributed by atoms with Crippen molar-refractivity contribution in [3.05, 3.63) is 23.9 Å². The Morgan fingerprint density at radius 1 is 1.17 bits per heavy atom. The summed E-state index contributed by atoms with van der Waals surface area (Å²) in [4.78, 5) is 14.4. The van der Waals surface area contributed by atoms with E-state index in [1.54, 1.807) is 19.4 Å². The molecule has 4 aliphatic heterocycles. The Morgan fingerprint density at radius 2 is 1.92 bits per heavy atom. The minimum atomic E-state index is -0.0665. The summed E-state index contributed by atoms with van der Waals surface area (Å²) in [6.07, 6.45) is 6.22. The molecular formula is C18H24N4O2. The lowest BCUT2D eigenvalue weighted by molar-refractivity contribution is 0.0956. The summed E-state index contributed by atoms with van der Waals surface area (Å²) in [5.74, 6) is 1.72. The topological polar surface area (TPSA) is 59.4 Å². The molecule has 128 valence electrons. The standard InChI is InChI=1S/C11H11N3O2.C7H13N/c1-16-8-4-7-6-13-14-3-2-12-11(15)9(5-8)10(7)14;1-4-8-5-2-7(1)3-6-8/h4-6H,2-3H2,1H3,(H,12,15);7H,1-6H2. The fourth-order valence-corrected chi connectivity index (χ4v) is 3.90. The molecule has 0 unspecified atom stereocenters. The van der Waals surface area contributed by atoms with E-state index in [9.17, 15) is 4.79 Å². The zero-order valence-electron chi connectivity index (χ0n) is 14.1. The van der Waals surface area contributed by atoms with Crippen molar-refractivity contribution >= 4 is 16.8 Å². The molecule has 0 aliphatic carbocycles. The second-order valence-electron chi connectivity index (χ2n) is 6.81. The average molecular weight is 328 g/mol. The number of hydrogen-bond donors (Lipinski definition) is 1. The second kappa shape index (κ2) is 6.43. The van der Waals surface area contributed by atoms with E-state index in [0.717, 1.165) is 16.8 Å². The quantitative estimate of drug-likeness (QED) is 0.868. The lowest BCUT2D eigenvalue weighted by atomic mass is 9.89. The molecular weight excluding hydrogens is 304 g/mol. The van der Waals surface area contributed by atoms with Crippen LogP contribution < -0.4 is 10.1 Å². The Balaban J connectivity index is 0.000000152. The number of nitrogens with one attached hydrogen (secondary N) is 1. The van der Waals surface area contributed by atoms with Crippen LogP contribution in [0.25, 0.3) is 10.9 Å². The van der Waals surface area contributed by atoms with Crippen molar-refractivity contribution in [3.8, 4) is 5.75 Å². The van der Waals surface area contributed by atoms with E-state index in [1.807, 2.05) is 10.7 Å². The average Bonchev–Trinajstić information content (AvgIpc) is 2.98. The van der Waals surface area contributed by atoms with Gasteiger partial charge < -0.3 is 15.0 Å². The fraction of sp³-hybridized carbons (Fsp3) is 0.556. The van der Waals surface area contributed by atoms with Crippen LogP contribution in [-0.2, 0) is 6.54 Å². The van der Waals surface area contributed by atoms with Crippen molar-refractivity contribution in [1.29, 1.82) is 0 Å². The molecule has 3 saturated heterocycles. The van der Waals surface area contributed by atoms with Crippen molar-refractivity contribution in [3.63, 3.8) is 0 Å². The van der Waals surface area contributed by atoms with Gasteiger partial charge in [0, 0.05) is 11.9 Å². The minimum absolute atomic E-state index is 0.0665. The van der Waals surface area contributed by atoms with E-state index < -0.39 is 0 Å². The fourth-order valence-electron chi connectivity index (χ4n) is 3.90. The predicted molar refractivity (Wildman–Crippen MR) is 92.4 cm³/mol. The lowest BCUT2D eigenvalue weighted by Crippen LogP contribution is -2.41. The van der Waals surface area contributed by atoms with Gasteiger partial charge in [-0.1, -0.05) is 0 Å². The summed E-state index contributed by atoms with van der Waals surface area (Å²) in [5.41, 5.74) is 1.51. The number of piperidine rings is 3. The molecule has 0 radical (unpaired) electrons. The summed E-state index contributed by atoms with van der Waals surface area (Å²) in [7, 11) is 1.59. The molecule has 1 aromatic heterocycles. The molecule has 6 heteroatoms. The van der Waals surface area contributed by atoms with E-state index in [1.165, 1.54) is 38.9 Å². The van der Waals surface area contributed by atoms with Crippen LogP contribution >= 0.6 is 0 Å². The van der Waals surface area contributed by atoms with Crippen molar-refractivity contribution in [2.45, 2.75) is 25.8 Å². The summed E-state index contributed by atoms with van der Waals surface area (Å²) in [6.45, 7) is 5.49. The minimum Gasteiger partial charge on any atom is -0.497 e. The first-order valence-corrected chi connectivity index (χ1v) is 8.78. The molecule has 6 rings (SSSR count). The third-order valence-electron chi connectivity index (χ3n) is 5.36. The normalized spacial score (nSPS) is 24.8. The van der Waals surface area contributed by atoms with E-state index in [2.05, 4.69) is 15.3 Å². The van der Waals surface area contributed by atoms with Crippen LogP contribution in [0.15, 0.2) is 18.3 Å². The Bertz CT molecular complexity index is 724. The predicted octanol–water partition coefficient (Wildman–Crippen LogP) is 1.89. The Morgan fingerprint density at radius 3 is 2.50 bits per heavy atom. The number of carbonyl (C=O) groups is 1. The Kier molecular flexibility index (Phi) is 4.14. The first kappa shape index (κ1) is 15.4. The molecule has 3 fully saturated rings. The van der Waals surface area contributed by atoms with Gasteiger partial charge in [-0.3, -0.25) is 9.48 Å². The van der Waals surface area contributed by atoms with Crippen LogP contribution in [0.2, 0.25) is 0 Å².